The molecule has 0 saturated carbocycles. The van der Waals surface area contributed by atoms with Gasteiger partial charge in [0.1, 0.15) is 5.75 Å². The molecule has 0 amide bonds. The first-order chi connectivity index (χ1) is 15.3. The van der Waals surface area contributed by atoms with Crippen molar-refractivity contribution in [2.24, 2.45) is 0 Å². The van der Waals surface area contributed by atoms with Gasteiger partial charge in [0.15, 0.2) is 0 Å². The number of ether oxygens (including phenoxy) is 2. The summed E-state index contributed by atoms with van der Waals surface area (Å²) in [5.74, 6) is 0.953. The van der Waals surface area contributed by atoms with Gasteiger partial charge in [0.05, 0.1) is 26.0 Å². The number of benzene rings is 2. The van der Waals surface area contributed by atoms with Gasteiger partial charge in [-0.3, -0.25) is 14.8 Å². The minimum absolute atomic E-state index is 0.803. The summed E-state index contributed by atoms with van der Waals surface area (Å²) in [6, 6.07) is 23.3. The van der Waals surface area contributed by atoms with Crippen LogP contribution in [0.3, 0.4) is 0 Å². The molecule has 3 aromatic rings. The molecule has 0 bridgehead atoms. The highest BCUT2D eigenvalue weighted by Crippen LogP contribution is 2.24. The van der Waals surface area contributed by atoms with Crippen molar-refractivity contribution in [1.82, 2.24) is 14.8 Å². The lowest BCUT2D eigenvalue weighted by Crippen LogP contribution is -2.35. The zero-order chi connectivity index (χ0) is 21.3. The van der Waals surface area contributed by atoms with E-state index in [1.54, 1.807) is 7.11 Å². The van der Waals surface area contributed by atoms with Crippen LogP contribution < -0.4 is 4.74 Å². The van der Waals surface area contributed by atoms with Crippen LogP contribution in [-0.2, 0) is 30.9 Å². The molecule has 2 aromatic carbocycles. The third-order valence-corrected chi connectivity index (χ3v) is 5.61. The van der Waals surface area contributed by atoms with E-state index in [2.05, 4.69) is 75.4 Å². The van der Waals surface area contributed by atoms with Crippen LogP contribution >= 0.6 is 0 Å². The molecule has 0 atom stereocenters. The molecule has 31 heavy (non-hydrogen) atoms. The maximum atomic E-state index is 5.66. The number of rotatable bonds is 9. The third kappa shape index (κ3) is 6.37. The summed E-state index contributed by atoms with van der Waals surface area (Å²) >= 11 is 0. The highest BCUT2D eigenvalue weighted by Gasteiger charge is 2.15. The highest BCUT2D eigenvalue weighted by molar-refractivity contribution is 5.37. The minimum atomic E-state index is 0.803. The fourth-order valence-corrected chi connectivity index (χ4v) is 4.04. The van der Waals surface area contributed by atoms with Crippen molar-refractivity contribution in [2.45, 2.75) is 26.2 Å². The molecule has 0 aliphatic carbocycles. The lowest BCUT2D eigenvalue weighted by molar-refractivity contribution is 0.0338. The van der Waals surface area contributed by atoms with Crippen molar-refractivity contribution in [3.63, 3.8) is 0 Å². The molecule has 0 spiro atoms. The van der Waals surface area contributed by atoms with E-state index in [0.29, 0.717) is 0 Å². The van der Waals surface area contributed by atoms with Crippen molar-refractivity contribution in [3.05, 3.63) is 95.3 Å². The van der Waals surface area contributed by atoms with Gasteiger partial charge in [-0.05, 0) is 35.4 Å². The number of methoxy groups -OCH3 is 1. The smallest absolute Gasteiger partial charge is 0.123 e. The Morgan fingerprint density at radius 3 is 2.42 bits per heavy atom. The van der Waals surface area contributed by atoms with Crippen molar-refractivity contribution >= 4 is 0 Å². The van der Waals surface area contributed by atoms with Gasteiger partial charge >= 0.3 is 0 Å². The van der Waals surface area contributed by atoms with E-state index in [9.17, 15) is 0 Å². The van der Waals surface area contributed by atoms with E-state index >= 15 is 0 Å². The van der Waals surface area contributed by atoms with Crippen LogP contribution in [-0.4, -0.2) is 48.2 Å². The van der Waals surface area contributed by atoms with Crippen LogP contribution in [0.25, 0.3) is 0 Å². The molecular weight excluding hydrogens is 386 g/mol. The van der Waals surface area contributed by atoms with Crippen LogP contribution in [0.2, 0.25) is 0 Å². The van der Waals surface area contributed by atoms with E-state index in [0.717, 1.165) is 63.9 Å². The van der Waals surface area contributed by atoms with Crippen LogP contribution in [0.5, 0.6) is 5.75 Å². The van der Waals surface area contributed by atoms with Crippen LogP contribution in [0.1, 0.15) is 22.4 Å². The maximum absolute atomic E-state index is 5.66. The average Bonchev–Trinajstić information content (AvgIpc) is 2.81. The fourth-order valence-electron chi connectivity index (χ4n) is 4.04. The predicted octanol–water partition coefficient (Wildman–Crippen LogP) is 4.12. The molecule has 0 unspecified atom stereocenters. The fraction of sp³-hybridized carbons (Fsp3) is 0.346. The van der Waals surface area contributed by atoms with E-state index in [1.165, 1.54) is 16.7 Å². The predicted molar refractivity (Wildman–Crippen MR) is 123 cm³/mol. The van der Waals surface area contributed by atoms with Crippen LogP contribution in [0, 0.1) is 0 Å². The lowest BCUT2D eigenvalue weighted by Gasteiger charge is -2.28. The van der Waals surface area contributed by atoms with Gasteiger partial charge in [-0.2, -0.15) is 0 Å². The highest BCUT2D eigenvalue weighted by atomic mass is 16.5. The van der Waals surface area contributed by atoms with Crippen molar-refractivity contribution in [3.8, 4) is 5.75 Å². The monoisotopic (exact) mass is 417 g/mol. The zero-order valence-electron chi connectivity index (χ0n) is 18.2. The van der Waals surface area contributed by atoms with Crippen LogP contribution in [0.15, 0.2) is 72.9 Å². The Labute approximate surface area is 185 Å². The summed E-state index contributed by atoms with van der Waals surface area (Å²) in [6.45, 7) is 6.96. The minimum Gasteiger partial charge on any atom is -0.496 e. The van der Waals surface area contributed by atoms with Gasteiger partial charge in [-0.25, -0.2) is 0 Å². The lowest BCUT2D eigenvalue weighted by atomic mass is 10.1. The van der Waals surface area contributed by atoms with E-state index < -0.39 is 0 Å². The molecule has 4 rings (SSSR count). The Kier molecular flexibility index (Phi) is 7.66. The quantitative estimate of drug-likeness (QED) is 0.524. The topological polar surface area (TPSA) is 37.8 Å². The third-order valence-electron chi connectivity index (χ3n) is 5.61. The van der Waals surface area contributed by atoms with Crippen molar-refractivity contribution in [1.29, 1.82) is 0 Å². The van der Waals surface area contributed by atoms with Gasteiger partial charge in [0.25, 0.3) is 0 Å². The Balaban J connectivity index is 1.52. The second kappa shape index (κ2) is 11.0. The molecule has 1 aromatic heterocycles. The van der Waals surface area contributed by atoms with Crippen LogP contribution in [0.4, 0.5) is 0 Å². The van der Waals surface area contributed by atoms with Gasteiger partial charge in [0.2, 0.25) is 0 Å². The second-order valence-electron chi connectivity index (χ2n) is 7.99. The summed E-state index contributed by atoms with van der Waals surface area (Å²) in [5, 5.41) is 0. The molecule has 1 fully saturated rings. The molecule has 1 aliphatic rings. The van der Waals surface area contributed by atoms with Crippen molar-refractivity contribution in [2.75, 3.05) is 33.4 Å². The second-order valence-corrected chi connectivity index (χ2v) is 7.99. The average molecular weight is 418 g/mol. The van der Waals surface area contributed by atoms with Gasteiger partial charge in [0, 0.05) is 51.0 Å². The standard InChI is InChI=1S/C26H31N3O2/c1-30-26-11-10-23(17-24(26)20-28-13-15-31-16-14-28)19-29(18-22-7-3-2-4-8-22)21-25-9-5-6-12-27-25/h2-12,17H,13-16,18-21H2,1H3. The number of morpholine rings is 1. The van der Waals surface area contributed by atoms with Gasteiger partial charge < -0.3 is 9.47 Å². The van der Waals surface area contributed by atoms with Gasteiger partial charge in [-0.15, -0.1) is 0 Å². The Morgan fingerprint density at radius 2 is 1.68 bits per heavy atom. The van der Waals surface area contributed by atoms with Crippen molar-refractivity contribution < 1.29 is 9.47 Å². The molecule has 0 N–H and O–H groups in total. The van der Waals surface area contributed by atoms with E-state index in [1.807, 2.05) is 12.3 Å². The number of hydrogen-bond donors (Lipinski definition) is 0. The normalized spacial score (nSPS) is 14.6. The largest absolute Gasteiger partial charge is 0.496 e. The van der Waals surface area contributed by atoms with E-state index in [-0.39, 0.29) is 0 Å². The summed E-state index contributed by atoms with van der Waals surface area (Å²) in [7, 11) is 1.75. The first-order valence-corrected chi connectivity index (χ1v) is 10.9. The number of pyridine rings is 1. The Bertz CT molecular complexity index is 886. The SMILES string of the molecule is COc1ccc(CN(Cc2ccccc2)Cc2ccccn2)cc1CN1CCOCC1. The first kappa shape index (κ1) is 21.5. The number of hydrogen-bond acceptors (Lipinski definition) is 5. The summed E-state index contributed by atoms with van der Waals surface area (Å²) in [5.41, 5.74) is 4.91. The molecule has 1 aliphatic heterocycles. The molecule has 5 heteroatoms. The molecule has 162 valence electrons. The molecular formula is C26H31N3O2. The number of aromatic nitrogens is 1. The first-order valence-electron chi connectivity index (χ1n) is 10.9. The summed E-state index contributed by atoms with van der Waals surface area (Å²) in [4.78, 5) is 9.42. The number of nitrogens with zero attached hydrogens (tertiary/aromatic N) is 3. The van der Waals surface area contributed by atoms with E-state index in [4.69, 9.17) is 9.47 Å². The Hall–Kier alpha value is -2.73. The molecule has 5 nitrogen and oxygen atoms in total. The zero-order valence-corrected chi connectivity index (χ0v) is 18.2. The molecule has 2 heterocycles. The maximum Gasteiger partial charge on any atom is 0.123 e. The molecule has 1 saturated heterocycles. The summed E-state index contributed by atoms with van der Waals surface area (Å²) in [6.07, 6.45) is 1.86. The molecule has 0 radical (unpaired) electrons. The Morgan fingerprint density at radius 1 is 0.903 bits per heavy atom. The van der Waals surface area contributed by atoms with Gasteiger partial charge in [-0.1, -0.05) is 42.5 Å². The summed E-state index contributed by atoms with van der Waals surface area (Å²) < 4.78 is 11.2.